The van der Waals surface area contributed by atoms with Crippen molar-refractivity contribution in [1.82, 2.24) is 14.1 Å². The molecule has 0 aliphatic heterocycles. The van der Waals surface area contributed by atoms with Crippen molar-refractivity contribution >= 4 is 45.7 Å². The van der Waals surface area contributed by atoms with Crippen LogP contribution < -0.4 is 10.3 Å². The SMILES string of the molecule is CCc1ccc(-n2c(=S)sc3c(=O)n(-c4ccccc4OC)c(SC)nc32)cc1. The lowest BCUT2D eigenvalue weighted by atomic mass is 10.1. The third-order valence-corrected chi connectivity index (χ3v) is 6.68. The molecule has 2 aromatic carbocycles. The average Bonchev–Trinajstić information content (AvgIpc) is 3.09. The lowest BCUT2D eigenvalue weighted by Crippen LogP contribution is -2.22. The molecule has 0 fully saturated rings. The number of methoxy groups -OCH3 is 1. The van der Waals surface area contributed by atoms with Crippen molar-refractivity contribution in [1.29, 1.82) is 0 Å². The van der Waals surface area contributed by atoms with Crippen molar-refractivity contribution in [3.63, 3.8) is 0 Å². The second-order valence-electron chi connectivity index (χ2n) is 6.29. The van der Waals surface area contributed by atoms with E-state index in [9.17, 15) is 4.79 Å². The van der Waals surface area contributed by atoms with E-state index < -0.39 is 0 Å². The molecule has 0 spiro atoms. The molecule has 0 aliphatic rings. The zero-order valence-corrected chi connectivity index (χ0v) is 18.7. The maximum Gasteiger partial charge on any atom is 0.278 e. The van der Waals surface area contributed by atoms with Crippen LogP contribution in [0.1, 0.15) is 12.5 Å². The Bertz CT molecular complexity index is 1300. The van der Waals surface area contributed by atoms with Gasteiger partial charge in [0.2, 0.25) is 0 Å². The maximum atomic E-state index is 13.5. The second-order valence-corrected chi connectivity index (χ2v) is 8.70. The van der Waals surface area contributed by atoms with Crippen LogP contribution >= 0.6 is 35.3 Å². The monoisotopic (exact) mass is 441 g/mol. The Morgan fingerprint density at radius 2 is 1.86 bits per heavy atom. The lowest BCUT2D eigenvalue weighted by Gasteiger charge is -2.14. The van der Waals surface area contributed by atoms with Crippen molar-refractivity contribution in [2.45, 2.75) is 18.5 Å². The number of hydrogen-bond donors (Lipinski definition) is 0. The van der Waals surface area contributed by atoms with E-state index in [1.807, 2.05) is 47.2 Å². The predicted octanol–water partition coefficient (Wildman–Crippen LogP) is 5.26. The molecule has 0 bridgehead atoms. The summed E-state index contributed by atoms with van der Waals surface area (Å²) in [4.78, 5) is 18.3. The summed E-state index contributed by atoms with van der Waals surface area (Å²) in [6.07, 6.45) is 2.87. The molecule has 0 amide bonds. The Kier molecular flexibility index (Phi) is 5.58. The van der Waals surface area contributed by atoms with Crippen molar-refractivity contribution in [3.8, 4) is 17.1 Å². The van der Waals surface area contributed by atoms with Gasteiger partial charge in [-0.05, 0) is 54.7 Å². The van der Waals surface area contributed by atoms with E-state index >= 15 is 0 Å². The fraction of sp³-hybridized carbons (Fsp3) is 0.190. The number of aromatic nitrogens is 3. The Labute approximate surface area is 181 Å². The topological polar surface area (TPSA) is 49.0 Å². The molecule has 0 radical (unpaired) electrons. The Morgan fingerprint density at radius 3 is 2.52 bits per heavy atom. The number of nitrogens with zero attached hydrogens (tertiary/aromatic N) is 3. The van der Waals surface area contributed by atoms with Crippen LogP contribution in [0.5, 0.6) is 5.75 Å². The molecule has 0 N–H and O–H groups in total. The summed E-state index contributed by atoms with van der Waals surface area (Å²) in [7, 11) is 1.59. The van der Waals surface area contributed by atoms with E-state index in [4.69, 9.17) is 21.9 Å². The molecule has 0 saturated heterocycles. The van der Waals surface area contributed by atoms with Crippen LogP contribution in [0.4, 0.5) is 0 Å². The number of thioether (sulfide) groups is 1. The summed E-state index contributed by atoms with van der Waals surface area (Å²) in [5, 5.41) is 0.582. The lowest BCUT2D eigenvalue weighted by molar-refractivity contribution is 0.411. The summed E-state index contributed by atoms with van der Waals surface area (Å²) >= 11 is 8.30. The number of aryl methyl sites for hydroxylation is 1. The Hall–Kier alpha value is -2.42. The van der Waals surface area contributed by atoms with E-state index in [0.29, 0.717) is 30.9 Å². The number of fused-ring (bicyclic) bond motifs is 1. The molecule has 29 heavy (non-hydrogen) atoms. The van der Waals surface area contributed by atoms with Gasteiger partial charge in [0.15, 0.2) is 14.8 Å². The van der Waals surface area contributed by atoms with E-state index in [-0.39, 0.29) is 5.56 Å². The Balaban J connectivity index is 2.02. The first kappa shape index (κ1) is 19.9. The van der Waals surface area contributed by atoms with Gasteiger partial charge in [-0.1, -0.05) is 54.3 Å². The molecule has 4 aromatic rings. The van der Waals surface area contributed by atoms with Gasteiger partial charge < -0.3 is 4.74 Å². The summed E-state index contributed by atoms with van der Waals surface area (Å²) in [6, 6.07) is 15.6. The predicted molar refractivity (Wildman–Crippen MR) is 123 cm³/mol. The number of ether oxygens (including phenoxy) is 1. The van der Waals surface area contributed by atoms with Crippen LogP contribution in [0.25, 0.3) is 21.7 Å². The summed E-state index contributed by atoms with van der Waals surface area (Å²) in [5.74, 6) is 0.615. The summed E-state index contributed by atoms with van der Waals surface area (Å²) < 4.78 is 10.1. The van der Waals surface area contributed by atoms with Gasteiger partial charge in [0.05, 0.1) is 12.8 Å². The molecule has 5 nitrogen and oxygen atoms in total. The molecule has 2 heterocycles. The highest BCUT2D eigenvalue weighted by atomic mass is 32.2. The molecule has 0 unspecified atom stereocenters. The third-order valence-electron chi connectivity index (χ3n) is 4.69. The van der Waals surface area contributed by atoms with Gasteiger partial charge in [0.25, 0.3) is 5.56 Å². The molecule has 0 saturated carbocycles. The summed E-state index contributed by atoms with van der Waals surface area (Å²) in [6.45, 7) is 2.12. The largest absolute Gasteiger partial charge is 0.495 e. The van der Waals surface area contributed by atoms with Crippen LogP contribution in [-0.4, -0.2) is 27.5 Å². The van der Waals surface area contributed by atoms with Gasteiger partial charge >= 0.3 is 0 Å². The minimum atomic E-state index is -0.149. The van der Waals surface area contributed by atoms with Crippen LogP contribution in [0.3, 0.4) is 0 Å². The van der Waals surface area contributed by atoms with E-state index in [1.54, 1.807) is 11.7 Å². The number of hydrogen-bond acceptors (Lipinski definition) is 6. The van der Waals surface area contributed by atoms with Crippen LogP contribution in [0, 0.1) is 3.95 Å². The van der Waals surface area contributed by atoms with E-state index in [0.717, 1.165) is 12.1 Å². The number of thiazole rings is 1. The Morgan fingerprint density at radius 1 is 1.14 bits per heavy atom. The highest BCUT2D eigenvalue weighted by Gasteiger charge is 2.20. The van der Waals surface area contributed by atoms with Crippen LogP contribution in [0.15, 0.2) is 58.5 Å². The highest BCUT2D eigenvalue weighted by molar-refractivity contribution is 7.98. The smallest absolute Gasteiger partial charge is 0.278 e. The minimum Gasteiger partial charge on any atom is -0.495 e. The molecular weight excluding hydrogens is 422 g/mol. The van der Waals surface area contributed by atoms with Crippen molar-refractivity contribution in [2.24, 2.45) is 0 Å². The average molecular weight is 442 g/mol. The molecule has 148 valence electrons. The van der Waals surface area contributed by atoms with E-state index in [2.05, 4.69) is 19.1 Å². The van der Waals surface area contributed by atoms with Gasteiger partial charge in [0.1, 0.15) is 10.4 Å². The summed E-state index contributed by atoms with van der Waals surface area (Å²) in [5.41, 5.74) is 3.26. The standard InChI is InChI=1S/C21H19N3O2S3/c1-4-13-9-11-14(12-10-13)23-18-17(29-21(23)27)19(25)24(20(22-18)28-3)15-7-5-6-8-16(15)26-2/h5-12H,4H2,1-3H3. The molecular formula is C21H19N3O2S3. The van der Waals surface area contributed by atoms with E-state index in [1.165, 1.54) is 28.7 Å². The normalized spacial score (nSPS) is 11.1. The molecule has 2 aromatic heterocycles. The second kappa shape index (κ2) is 8.14. The van der Waals surface area contributed by atoms with Crippen LogP contribution in [-0.2, 0) is 6.42 Å². The van der Waals surface area contributed by atoms with Gasteiger partial charge in [-0.2, -0.15) is 0 Å². The molecule has 4 rings (SSSR count). The number of benzene rings is 2. The molecule has 0 aliphatic carbocycles. The quantitative estimate of drug-likeness (QED) is 0.240. The first-order chi connectivity index (χ1) is 14.1. The molecule has 8 heteroatoms. The number of para-hydroxylation sites is 2. The zero-order chi connectivity index (χ0) is 20.5. The third kappa shape index (κ3) is 3.41. The van der Waals surface area contributed by atoms with Gasteiger partial charge in [-0.25, -0.2) is 4.98 Å². The maximum absolute atomic E-state index is 13.5. The van der Waals surface area contributed by atoms with Crippen LogP contribution in [0.2, 0.25) is 0 Å². The van der Waals surface area contributed by atoms with Gasteiger partial charge in [-0.3, -0.25) is 13.9 Å². The van der Waals surface area contributed by atoms with Crippen molar-refractivity contribution in [2.75, 3.05) is 13.4 Å². The first-order valence-electron chi connectivity index (χ1n) is 9.04. The van der Waals surface area contributed by atoms with Crippen molar-refractivity contribution < 1.29 is 4.74 Å². The van der Waals surface area contributed by atoms with Gasteiger partial charge in [-0.15, -0.1) is 0 Å². The first-order valence-corrected chi connectivity index (χ1v) is 11.5. The fourth-order valence-electron chi connectivity index (χ4n) is 3.21. The van der Waals surface area contributed by atoms with Crippen molar-refractivity contribution in [3.05, 3.63) is 68.4 Å². The zero-order valence-electron chi connectivity index (χ0n) is 16.2. The fourth-order valence-corrected chi connectivity index (χ4v) is 5.06. The number of rotatable bonds is 5. The molecule has 0 atom stereocenters. The minimum absolute atomic E-state index is 0.149. The highest BCUT2D eigenvalue weighted by Crippen LogP contribution is 2.29. The van der Waals surface area contributed by atoms with Gasteiger partial charge in [0, 0.05) is 5.69 Å².